The Morgan fingerprint density at radius 2 is 1.96 bits per heavy atom. The fourth-order valence-electron chi connectivity index (χ4n) is 2.14. The molecule has 0 aliphatic heterocycles. The number of hydrogen-bond donors (Lipinski definition) is 2. The Hall–Kier alpha value is -2.64. The lowest BCUT2D eigenvalue weighted by Crippen LogP contribution is -2.31. The number of nitrogens with one attached hydrogen (secondary N) is 1. The van der Waals surface area contributed by atoms with Crippen LogP contribution in [0.2, 0.25) is 0 Å². The molecule has 1 aromatic heterocycles. The molecule has 1 aromatic carbocycles. The predicted octanol–water partition coefficient (Wildman–Crippen LogP) is 2.72. The lowest BCUT2D eigenvalue weighted by atomic mass is 10.1. The summed E-state index contributed by atoms with van der Waals surface area (Å²) in [7, 11) is 0. The van der Waals surface area contributed by atoms with E-state index in [1.165, 1.54) is 6.07 Å². The van der Waals surface area contributed by atoms with Crippen LogP contribution in [0.5, 0.6) is 0 Å². The van der Waals surface area contributed by atoms with Crippen molar-refractivity contribution in [2.45, 2.75) is 33.1 Å². The van der Waals surface area contributed by atoms with Crippen LogP contribution in [0, 0.1) is 13.8 Å². The van der Waals surface area contributed by atoms with E-state index in [2.05, 4.69) is 20.3 Å². The molecule has 24 heavy (non-hydrogen) atoms. The van der Waals surface area contributed by atoms with Crippen LogP contribution in [0.15, 0.2) is 35.3 Å². The van der Waals surface area contributed by atoms with E-state index in [4.69, 9.17) is 5.73 Å². The first-order valence-electron chi connectivity index (χ1n) is 7.25. The van der Waals surface area contributed by atoms with Crippen LogP contribution in [-0.2, 0) is 19.3 Å². The number of guanidine groups is 1. The molecular weight excluding hydrogens is 319 g/mol. The van der Waals surface area contributed by atoms with Crippen molar-refractivity contribution in [2.24, 2.45) is 10.7 Å². The third kappa shape index (κ3) is 5.22. The number of aliphatic imine (C=N–C) groups is 1. The Kier molecular flexibility index (Phi) is 5.38. The van der Waals surface area contributed by atoms with Gasteiger partial charge < -0.3 is 11.1 Å². The van der Waals surface area contributed by atoms with E-state index in [9.17, 15) is 13.2 Å². The largest absolute Gasteiger partial charge is 0.416 e. The molecule has 1 heterocycles. The molecule has 128 valence electrons. The molecule has 0 amide bonds. The molecule has 0 atom stereocenters. The van der Waals surface area contributed by atoms with Gasteiger partial charge in [-0.3, -0.25) is 0 Å². The van der Waals surface area contributed by atoms with Gasteiger partial charge >= 0.3 is 6.18 Å². The highest BCUT2D eigenvalue weighted by atomic mass is 19.4. The van der Waals surface area contributed by atoms with Crippen molar-refractivity contribution >= 4 is 5.96 Å². The van der Waals surface area contributed by atoms with Crippen LogP contribution >= 0.6 is 0 Å². The molecule has 0 bridgehead atoms. The molecule has 5 nitrogen and oxygen atoms in total. The second-order valence-corrected chi connectivity index (χ2v) is 5.30. The molecule has 0 fully saturated rings. The van der Waals surface area contributed by atoms with E-state index in [1.807, 2.05) is 13.0 Å². The first kappa shape index (κ1) is 17.7. The first-order valence-corrected chi connectivity index (χ1v) is 7.25. The van der Waals surface area contributed by atoms with E-state index in [-0.39, 0.29) is 12.5 Å². The van der Waals surface area contributed by atoms with Gasteiger partial charge in [0.15, 0.2) is 5.96 Å². The normalized spacial score (nSPS) is 12.3. The summed E-state index contributed by atoms with van der Waals surface area (Å²) in [5.74, 6) is 0.799. The summed E-state index contributed by atoms with van der Waals surface area (Å²) in [6, 6.07) is 6.83. The maximum absolute atomic E-state index is 12.7. The average molecular weight is 337 g/mol. The van der Waals surface area contributed by atoms with E-state index in [1.54, 1.807) is 13.0 Å². The number of alkyl halides is 3. The fourth-order valence-corrected chi connectivity index (χ4v) is 2.14. The Morgan fingerprint density at radius 3 is 2.62 bits per heavy atom. The third-order valence-corrected chi connectivity index (χ3v) is 3.16. The number of benzene rings is 1. The van der Waals surface area contributed by atoms with E-state index in [0.29, 0.717) is 17.9 Å². The maximum Gasteiger partial charge on any atom is 0.416 e. The number of nitrogens with two attached hydrogens (primary N) is 1. The van der Waals surface area contributed by atoms with E-state index in [0.717, 1.165) is 23.5 Å². The zero-order valence-electron chi connectivity index (χ0n) is 13.4. The van der Waals surface area contributed by atoms with Gasteiger partial charge in [-0.1, -0.05) is 12.1 Å². The van der Waals surface area contributed by atoms with Crippen molar-refractivity contribution < 1.29 is 13.2 Å². The minimum absolute atomic E-state index is 0.0601. The minimum atomic E-state index is -4.37. The Balaban J connectivity index is 1.97. The molecule has 0 aliphatic carbocycles. The molecule has 0 saturated heterocycles. The highest BCUT2D eigenvalue weighted by Crippen LogP contribution is 2.29. The molecule has 0 aliphatic rings. The van der Waals surface area contributed by atoms with Crippen molar-refractivity contribution in [3.05, 3.63) is 58.7 Å². The van der Waals surface area contributed by atoms with E-state index >= 15 is 0 Å². The lowest BCUT2D eigenvalue weighted by Gasteiger charge is -2.09. The van der Waals surface area contributed by atoms with Crippen molar-refractivity contribution in [1.82, 2.24) is 15.3 Å². The summed E-state index contributed by atoms with van der Waals surface area (Å²) in [6.07, 6.45) is -4.37. The van der Waals surface area contributed by atoms with Gasteiger partial charge in [-0.05, 0) is 37.6 Å². The number of rotatable bonds is 4. The molecular formula is C16H18F3N5. The summed E-state index contributed by atoms with van der Waals surface area (Å²) in [5, 5.41) is 2.88. The summed E-state index contributed by atoms with van der Waals surface area (Å²) in [5.41, 5.74) is 7.08. The van der Waals surface area contributed by atoms with Gasteiger partial charge in [-0.15, -0.1) is 0 Å². The zero-order chi connectivity index (χ0) is 17.7. The van der Waals surface area contributed by atoms with Gasteiger partial charge in [0, 0.05) is 5.69 Å². The average Bonchev–Trinajstić information content (AvgIpc) is 2.49. The van der Waals surface area contributed by atoms with Gasteiger partial charge in [-0.2, -0.15) is 13.2 Å². The number of halogens is 3. The molecule has 8 heteroatoms. The van der Waals surface area contributed by atoms with Crippen LogP contribution in [0.3, 0.4) is 0 Å². The summed E-state index contributed by atoms with van der Waals surface area (Å²) in [4.78, 5) is 12.5. The second-order valence-electron chi connectivity index (χ2n) is 5.30. The summed E-state index contributed by atoms with van der Waals surface area (Å²) >= 11 is 0. The SMILES string of the molecule is Cc1cc(CNC(N)=NCc2cccc(C(F)(F)F)c2)nc(C)n1. The van der Waals surface area contributed by atoms with Crippen molar-refractivity contribution in [3.8, 4) is 0 Å². The maximum atomic E-state index is 12.7. The Morgan fingerprint density at radius 1 is 1.21 bits per heavy atom. The van der Waals surface area contributed by atoms with Crippen LogP contribution in [0.4, 0.5) is 13.2 Å². The van der Waals surface area contributed by atoms with Gasteiger partial charge in [0.1, 0.15) is 5.82 Å². The fraction of sp³-hybridized carbons (Fsp3) is 0.312. The highest BCUT2D eigenvalue weighted by molar-refractivity contribution is 5.77. The summed E-state index contributed by atoms with van der Waals surface area (Å²) < 4.78 is 38.0. The van der Waals surface area contributed by atoms with E-state index < -0.39 is 11.7 Å². The van der Waals surface area contributed by atoms with Crippen LogP contribution < -0.4 is 11.1 Å². The van der Waals surface area contributed by atoms with Crippen LogP contribution in [-0.4, -0.2) is 15.9 Å². The quantitative estimate of drug-likeness (QED) is 0.664. The molecule has 3 N–H and O–H groups in total. The number of aromatic nitrogens is 2. The minimum Gasteiger partial charge on any atom is -0.370 e. The standard InChI is InChI=1S/C16H18F3N5/c1-10-6-14(24-11(2)23-10)9-22-15(20)21-8-12-4-3-5-13(7-12)16(17,18)19/h3-7H,8-9H2,1-2H3,(H3,20,21,22). The van der Waals surface area contributed by atoms with Gasteiger partial charge in [0.2, 0.25) is 0 Å². The Labute approximate surface area is 137 Å². The number of nitrogens with zero attached hydrogens (tertiary/aromatic N) is 3. The summed E-state index contributed by atoms with van der Waals surface area (Å²) in [6.45, 7) is 4.08. The van der Waals surface area contributed by atoms with Gasteiger partial charge in [-0.25, -0.2) is 15.0 Å². The lowest BCUT2D eigenvalue weighted by molar-refractivity contribution is -0.137. The van der Waals surface area contributed by atoms with Crippen molar-refractivity contribution in [1.29, 1.82) is 0 Å². The topological polar surface area (TPSA) is 76.2 Å². The van der Waals surface area contributed by atoms with Crippen LogP contribution in [0.25, 0.3) is 0 Å². The zero-order valence-corrected chi connectivity index (χ0v) is 13.4. The smallest absolute Gasteiger partial charge is 0.370 e. The first-order chi connectivity index (χ1) is 11.2. The third-order valence-electron chi connectivity index (χ3n) is 3.16. The monoisotopic (exact) mass is 337 g/mol. The van der Waals surface area contributed by atoms with Crippen molar-refractivity contribution in [2.75, 3.05) is 0 Å². The highest BCUT2D eigenvalue weighted by Gasteiger charge is 2.30. The molecule has 0 unspecified atom stereocenters. The molecule has 0 saturated carbocycles. The second kappa shape index (κ2) is 7.29. The molecule has 0 spiro atoms. The Bertz CT molecular complexity index is 720. The number of aryl methyl sites for hydroxylation is 2. The van der Waals surface area contributed by atoms with Crippen LogP contribution in [0.1, 0.15) is 28.3 Å². The number of hydrogen-bond acceptors (Lipinski definition) is 3. The van der Waals surface area contributed by atoms with Gasteiger partial charge in [0.25, 0.3) is 0 Å². The molecule has 0 radical (unpaired) electrons. The predicted molar refractivity (Wildman–Crippen MR) is 85.1 cm³/mol. The van der Waals surface area contributed by atoms with Crippen molar-refractivity contribution in [3.63, 3.8) is 0 Å². The molecule has 2 rings (SSSR count). The molecule has 2 aromatic rings. The van der Waals surface area contributed by atoms with Gasteiger partial charge in [0.05, 0.1) is 24.3 Å².